The van der Waals surface area contributed by atoms with Crippen LogP contribution in [-0.2, 0) is 6.42 Å². The molecule has 120 valence electrons. The van der Waals surface area contributed by atoms with E-state index in [1.54, 1.807) is 13.8 Å². The molecule has 1 aromatic carbocycles. The van der Waals surface area contributed by atoms with E-state index in [1.165, 1.54) is 0 Å². The number of aryl methyl sites for hydroxylation is 2. The number of rotatable bonds is 2. The van der Waals surface area contributed by atoms with Gasteiger partial charge in [-0.2, -0.15) is 5.10 Å². The molecule has 6 heteroatoms. The lowest BCUT2D eigenvalue weighted by molar-refractivity contribution is 0.0930. The fraction of sp³-hybridized carbons (Fsp3) is 0.353. The molecule has 1 aliphatic carbocycles. The highest BCUT2D eigenvalue weighted by atomic mass is 16.2. The molecule has 4 N–H and O–H groups in total. The van der Waals surface area contributed by atoms with Gasteiger partial charge >= 0.3 is 0 Å². The van der Waals surface area contributed by atoms with Gasteiger partial charge in [0.2, 0.25) is 0 Å². The number of nitrogens with one attached hydrogen (secondary N) is 2. The predicted molar refractivity (Wildman–Crippen MR) is 88.3 cm³/mol. The van der Waals surface area contributed by atoms with E-state index >= 15 is 0 Å². The molecule has 3 rings (SSSR count). The van der Waals surface area contributed by atoms with Crippen LogP contribution in [0.25, 0.3) is 0 Å². The van der Waals surface area contributed by atoms with Gasteiger partial charge in [0.1, 0.15) is 5.56 Å². The summed E-state index contributed by atoms with van der Waals surface area (Å²) in [5.41, 5.74) is 9.75. The van der Waals surface area contributed by atoms with Crippen molar-refractivity contribution in [1.82, 2.24) is 15.5 Å². The zero-order chi connectivity index (χ0) is 16.6. The molecule has 1 heterocycles. The molecule has 0 radical (unpaired) electrons. The first kappa shape index (κ1) is 15.3. The first-order valence-electron chi connectivity index (χ1n) is 7.72. The highest BCUT2D eigenvalue weighted by Crippen LogP contribution is 2.31. The van der Waals surface area contributed by atoms with Gasteiger partial charge in [0.05, 0.1) is 11.7 Å². The van der Waals surface area contributed by atoms with Gasteiger partial charge in [0.15, 0.2) is 0 Å². The molecule has 1 aromatic heterocycles. The van der Waals surface area contributed by atoms with Crippen LogP contribution in [0, 0.1) is 13.8 Å². The number of H-pyrrole nitrogens is 1. The summed E-state index contributed by atoms with van der Waals surface area (Å²) >= 11 is 0. The zero-order valence-corrected chi connectivity index (χ0v) is 13.3. The molecule has 1 aliphatic rings. The number of hydrogen-bond donors (Lipinski definition) is 3. The maximum Gasteiger partial charge on any atom is 0.277 e. The number of carbonyl (C=O) groups is 1. The third kappa shape index (κ3) is 2.84. The average Bonchev–Trinajstić information content (AvgIpc) is 2.51. The molecule has 2 aromatic rings. The molecule has 1 unspecified atom stereocenters. The second-order valence-electron chi connectivity index (χ2n) is 6.01. The van der Waals surface area contributed by atoms with Crippen molar-refractivity contribution in [2.24, 2.45) is 0 Å². The van der Waals surface area contributed by atoms with Gasteiger partial charge in [0, 0.05) is 5.69 Å². The smallest absolute Gasteiger partial charge is 0.277 e. The normalized spacial score (nSPS) is 16.7. The summed E-state index contributed by atoms with van der Waals surface area (Å²) in [6.07, 6.45) is 2.79. The Bertz CT molecular complexity index is 826. The first-order chi connectivity index (χ1) is 11.0. The van der Waals surface area contributed by atoms with Crippen LogP contribution in [0.1, 0.15) is 51.6 Å². The molecule has 0 bridgehead atoms. The average molecular weight is 312 g/mol. The maximum atomic E-state index is 12.6. The van der Waals surface area contributed by atoms with Crippen LogP contribution in [0.4, 0.5) is 5.69 Å². The minimum Gasteiger partial charge on any atom is -0.399 e. The van der Waals surface area contributed by atoms with Crippen LogP contribution in [-0.4, -0.2) is 16.1 Å². The molecule has 1 amide bonds. The van der Waals surface area contributed by atoms with Gasteiger partial charge in [-0.25, -0.2) is 5.10 Å². The Morgan fingerprint density at radius 2 is 2.17 bits per heavy atom. The van der Waals surface area contributed by atoms with Crippen molar-refractivity contribution < 1.29 is 4.79 Å². The maximum absolute atomic E-state index is 12.6. The van der Waals surface area contributed by atoms with E-state index in [1.807, 2.05) is 18.2 Å². The number of fused-ring (bicyclic) bond motifs is 1. The van der Waals surface area contributed by atoms with Crippen LogP contribution in [0.15, 0.2) is 23.0 Å². The lowest BCUT2D eigenvalue weighted by atomic mass is 9.87. The van der Waals surface area contributed by atoms with Crippen molar-refractivity contribution in [2.75, 3.05) is 5.73 Å². The SMILES string of the molecule is Cc1n[nH]c(=O)c(C(=O)NC2CCCc3cc(N)ccc32)c1C. The summed E-state index contributed by atoms with van der Waals surface area (Å²) in [5, 5.41) is 9.25. The second kappa shape index (κ2) is 5.87. The van der Waals surface area contributed by atoms with Gasteiger partial charge in [-0.15, -0.1) is 0 Å². The summed E-state index contributed by atoms with van der Waals surface area (Å²) < 4.78 is 0. The Hall–Kier alpha value is -2.63. The summed E-state index contributed by atoms with van der Waals surface area (Å²) in [4.78, 5) is 24.6. The second-order valence-corrected chi connectivity index (χ2v) is 6.01. The van der Waals surface area contributed by atoms with Gasteiger partial charge in [-0.1, -0.05) is 6.07 Å². The molecule has 6 nitrogen and oxygen atoms in total. The molecule has 0 fully saturated rings. The third-order valence-electron chi connectivity index (χ3n) is 4.48. The van der Waals surface area contributed by atoms with E-state index in [9.17, 15) is 9.59 Å². The summed E-state index contributed by atoms with van der Waals surface area (Å²) in [6.45, 7) is 3.50. The first-order valence-corrected chi connectivity index (χ1v) is 7.72. The van der Waals surface area contributed by atoms with Gasteiger partial charge in [-0.3, -0.25) is 9.59 Å². The van der Waals surface area contributed by atoms with Crippen molar-refractivity contribution in [3.05, 3.63) is 56.5 Å². The Kier molecular flexibility index (Phi) is 3.90. The molecular formula is C17H20N4O2. The van der Waals surface area contributed by atoms with E-state index < -0.39 is 5.56 Å². The van der Waals surface area contributed by atoms with Crippen molar-refractivity contribution in [3.8, 4) is 0 Å². The Balaban J connectivity index is 1.91. The molecule has 0 saturated carbocycles. The zero-order valence-electron chi connectivity index (χ0n) is 13.3. The highest BCUT2D eigenvalue weighted by Gasteiger charge is 2.24. The fourth-order valence-corrected chi connectivity index (χ4v) is 3.11. The lowest BCUT2D eigenvalue weighted by Crippen LogP contribution is -2.35. The van der Waals surface area contributed by atoms with Crippen LogP contribution < -0.4 is 16.6 Å². The minimum absolute atomic E-state index is 0.0980. The van der Waals surface area contributed by atoms with Crippen molar-refractivity contribution in [1.29, 1.82) is 0 Å². The number of nitrogens with two attached hydrogens (primary N) is 1. The predicted octanol–water partition coefficient (Wildman–Crippen LogP) is 1.78. The minimum atomic E-state index is -0.459. The van der Waals surface area contributed by atoms with Gasteiger partial charge < -0.3 is 11.1 Å². The van der Waals surface area contributed by atoms with E-state index in [-0.39, 0.29) is 17.5 Å². The van der Waals surface area contributed by atoms with E-state index in [2.05, 4.69) is 15.5 Å². The standard InChI is InChI=1S/C17H20N4O2/c1-9-10(2)20-21-17(23)15(9)16(22)19-14-5-3-4-11-8-12(18)6-7-13(11)14/h6-8,14H,3-5,18H2,1-2H3,(H,19,22)(H,21,23). The number of nitrogen functional groups attached to an aromatic ring is 1. The van der Waals surface area contributed by atoms with Crippen LogP contribution >= 0.6 is 0 Å². The lowest BCUT2D eigenvalue weighted by Gasteiger charge is -2.26. The number of benzene rings is 1. The topological polar surface area (TPSA) is 101 Å². The molecule has 23 heavy (non-hydrogen) atoms. The Morgan fingerprint density at radius 3 is 2.96 bits per heavy atom. The number of nitrogens with zero attached hydrogens (tertiary/aromatic N) is 1. The highest BCUT2D eigenvalue weighted by molar-refractivity contribution is 5.95. The number of anilines is 1. The quantitative estimate of drug-likeness (QED) is 0.736. The monoisotopic (exact) mass is 312 g/mol. The van der Waals surface area contributed by atoms with Crippen LogP contribution in [0.5, 0.6) is 0 Å². The summed E-state index contributed by atoms with van der Waals surface area (Å²) in [6, 6.07) is 5.67. The Labute approximate surface area is 134 Å². The Morgan fingerprint density at radius 1 is 1.39 bits per heavy atom. The van der Waals surface area contributed by atoms with E-state index in [0.29, 0.717) is 11.3 Å². The number of amides is 1. The number of aromatic nitrogens is 2. The van der Waals surface area contributed by atoms with Gasteiger partial charge in [-0.05, 0) is 61.9 Å². The summed E-state index contributed by atoms with van der Waals surface area (Å²) in [7, 11) is 0. The van der Waals surface area contributed by atoms with Crippen LogP contribution in [0.3, 0.4) is 0 Å². The van der Waals surface area contributed by atoms with Crippen molar-refractivity contribution in [2.45, 2.75) is 39.2 Å². The van der Waals surface area contributed by atoms with Crippen LogP contribution in [0.2, 0.25) is 0 Å². The number of aromatic amines is 1. The third-order valence-corrected chi connectivity index (χ3v) is 4.48. The summed E-state index contributed by atoms with van der Waals surface area (Å²) in [5.74, 6) is -0.357. The molecule has 0 saturated heterocycles. The van der Waals surface area contributed by atoms with E-state index in [4.69, 9.17) is 5.73 Å². The van der Waals surface area contributed by atoms with Crippen molar-refractivity contribution in [3.63, 3.8) is 0 Å². The largest absolute Gasteiger partial charge is 0.399 e. The number of carbonyl (C=O) groups excluding carboxylic acids is 1. The molecule has 1 atom stereocenters. The van der Waals surface area contributed by atoms with Gasteiger partial charge in [0.25, 0.3) is 11.5 Å². The van der Waals surface area contributed by atoms with Crippen molar-refractivity contribution >= 4 is 11.6 Å². The molecule has 0 aliphatic heterocycles. The number of hydrogen-bond acceptors (Lipinski definition) is 4. The van der Waals surface area contributed by atoms with E-state index in [0.717, 1.165) is 36.1 Å². The molecule has 0 spiro atoms. The fourth-order valence-electron chi connectivity index (χ4n) is 3.11. The molecular weight excluding hydrogens is 292 g/mol.